The third-order valence-electron chi connectivity index (χ3n) is 1.98. The van der Waals surface area contributed by atoms with Gasteiger partial charge in [-0.15, -0.1) is 26.2 Å². The van der Waals surface area contributed by atoms with Crippen LogP contribution in [0.4, 0.5) is 0 Å². The summed E-state index contributed by atoms with van der Waals surface area (Å²) in [5, 5.41) is 8.74. The zero-order valence-electron chi connectivity index (χ0n) is 14.9. The molecule has 0 fully saturated rings. The molecule has 0 aromatic heterocycles. The standard InChI is InChI=1S/2C8H18N.HI.Nd/c2*1-7(2)5-9-6-8(3)4;;/h2*7-8H,5-6H2,1-4H3;1H;/q2*-1;;+3/p-1. The molecular formula is C16H36IN2Nd. The maximum Gasteiger partial charge on any atom is 3.00 e. The molecule has 0 rings (SSSR count). The number of rotatable bonds is 8. The van der Waals surface area contributed by atoms with Gasteiger partial charge in [0.05, 0.1) is 0 Å². The van der Waals surface area contributed by atoms with Crippen LogP contribution in [-0.4, -0.2) is 26.2 Å². The first-order chi connectivity index (χ1) is 8.25. The Morgan fingerprint density at radius 3 is 0.750 bits per heavy atom. The summed E-state index contributed by atoms with van der Waals surface area (Å²) in [6, 6.07) is 0. The van der Waals surface area contributed by atoms with E-state index in [0.717, 1.165) is 49.9 Å². The van der Waals surface area contributed by atoms with E-state index in [1.807, 2.05) is 0 Å². The van der Waals surface area contributed by atoms with Gasteiger partial charge in [0, 0.05) is 0 Å². The van der Waals surface area contributed by atoms with Gasteiger partial charge in [-0.05, 0) is 0 Å². The molecule has 0 aromatic rings. The molecule has 0 aliphatic carbocycles. The molecule has 0 spiro atoms. The van der Waals surface area contributed by atoms with E-state index in [2.05, 4.69) is 66.0 Å². The Morgan fingerprint density at radius 2 is 0.650 bits per heavy atom. The molecule has 0 aliphatic heterocycles. The Bertz CT molecular complexity index is 129. The summed E-state index contributed by atoms with van der Waals surface area (Å²) in [6.45, 7) is 21.7. The molecule has 0 unspecified atom stereocenters. The maximum atomic E-state index is 4.37. The first kappa shape index (κ1) is 29.9. The van der Waals surface area contributed by atoms with Gasteiger partial charge >= 0.3 is 40.8 Å². The molecule has 4 heteroatoms. The van der Waals surface area contributed by atoms with Crippen LogP contribution < -0.4 is 24.0 Å². The minimum absolute atomic E-state index is 0. The second-order valence-corrected chi connectivity index (χ2v) is 6.75. The van der Waals surface area contributed by atoms with Crippen LogP contribution in [0.1, 0.15) is 55.4 Å². The first-order valence-electron chi connectivity index (χ1n) is 7.52. The van der Waals surface area contributed by atoms with Crippen LogP contribution in [0.5, 0.6) is 0 Å². The summed E-state index contributed by atoms with van der Waals surface area (Å²) in [5.74, 6) is 2.90. The molecule has 0 heterocycles. The quantitative estimate of drug-likeness (QED) is 0.434. The molecule has 0 amide bonds. The molecule has 121 valence electrons. The van der Waals surface area contributed by atoms with Crippen LogP contribution in [0.2, 0.25) is 0 Å². The van der Waals surface area contributed by atoms with Crippen LogP contribution in [0.3, 0.4) is 0 Å². The van der Waals surface area contributed by atoms with E-state index in [1.165, 1.54) is 0 Å². The molecule has 0 saturated heterocycles. The van der Waals surface area contributed by atoms with Crippen molar-refractivity contribution in [3.8, 4) is 0 Å². The average molecular weight is 528 g/mol. The van der Waals surface area contributed by atoms with Crippen LogP contribution in [-0.2, 0) is 0 Å². The van der Waals surface area contributed by atoms with Crippen molar-refractivity contribution < 1.29 is 64.8 Å². The zero-order chi connectivity index (χ0) is 14.6. The third-order valence-corrected chi connectivity index (χ3v) is 1.98. The Hall–Kier alpha value is 2.00. The van der Waals surface area contributed by atoms with Crippen molar-refractivity contribution >= 4 is 0 Å². The minimum atomic E-state index is 0. The van der Waals surface area contributed by atoms with Crippen LogP contribution in [0, 0.1) is 64.5 Å². The largest absolute Gasteiger partial charge is 3.00 e. The Balaban J connectivity index is -0.000000116. The molecule has 0 saturated carbocycles. The number of hydrogen-bond donors (Lipinski definition) is 0. The van der Waals surface area contributed by atoms with Crippen molar-refractivity contribution in [3.63, 3.8) is 0 Å². The van der Waals surface area contributed by atoms with E-state index in [-0.39, 0.29) is 64.8 Å². The Morgan fingerprint density at radius 1 is 0.500 bits per heavy atom. The molecule has 0 aliphatic rings. The molecule has 1 radical (unpaired) electrons. The molecule has 0 bridgehead atoms. The second kappa shape index (κ2) is 21.0. The van der Waals surface area contributed by atoms with Gasteiger partial charge in [0.25, 0.3) is 0 Å². The zero-order valence-corrected chi connectivity index (χ0v) is 20.3. The van der Waals surface area contributed by atoms with Gasteiger partial charge < -0.3 is 34.6 Å². The van der Waals surface area contributed by atoms with E-state index >= 15 is 0 Å². The number of hydrogen-bond acceptors (Lipinski definition) is 0. The van der Waals surface area contributed by atoms with Gasteiger partial charge in [-0.25, -0.2) is 0 Å². The summed E-state index contributed by atoms with van der Waals surface area (Å²) in [7, 11) is 0. The summed E-state index contributed by atoms with van der Waals surface area (Å²) in [5.41, 5.74) is 0. The minimum Gasteiger partial charge on any atom is -1.00 e. The molecule has 0 N–H and O–H groups in total. The maximum absolute atomic E-state index is 4.37. The SMILES string of the molecule is CC(C)C[N-]CC(C)C.CC(C)C[N-]CC(C)C.[I-].[Nd+3]. The van der Waals surface area contributed by atoms with Gasteiger partial charge in [-0.2, -0.15) is 0 Å². The Kier molecular flexibility index (Phi) is 31.4. The smallest absolute Gasteiger partial charge is 1.00 e. The summed E-state index contributed by atoms with van der Waals surface area (Å²) < 4.78 is 0. The van der Waals surface area contributed by atoms with Crippen LogP contribution in [0.15, 0.2) is 0 Å². The van der Waals surface area contributed by atoms with Gasteiger partial charge in [0.15, 0.2) is 0 Å². The molecular weight excluding hydrogens is 491 g/mol. The van der Waals surface area contributed by atoms with E-state index in [1.54, 1.807) is 0 Å². The second-order valence-electron chi connectivity index (χ2n) is 6.75. The van der Waals surface area contributed by atoms with Gasteiger partial charge in [0.1, 0.15) is 0 Å². The van der Waals surface area contributed by atoms with Crippen LogP contribution >= 0.6 is 0 Å². The Labute approximate surface area is 178 Å². The van der Waals surface area contributed by atoms with Crippen LogP contribution in [0.25, 0.3) is 10.6 Å². The number of halogens is 1. The fraction of sp³-hybridized carbons (Fsp3) is 1.00. The van der Waals surface area contributed by atoms with E-state index in [9.17, 15) is 0 Å². The first-order valence-corrected chi connectivity index (χ1v) is 7.52. The molecule has 20 heavy (non-hydrogen) atoms. The molecule has 2 nitrogen and oxygen atoms in total. The fourth-order valence-corrected chi connectivity index (χ4v) is 1.18. The fourth-order valence-electron chi connectivity index (χ4n) is 1.18. The van der Waals surface area contributed by atoms with Crippen molar-refractivity contribution in [2.75, 3.05) is 26.2 Å². The summed E-state index contributed by atoms with van der Waals surface area (Å²) in [6.07, 6.45) is 0. The van der Waals surface area contributed by atoms with Crippen molar-refractivity contribution in [1.29, 1.82) is 0 Å². The van der Waals surface area contributed by atoms with Crippen molar-refractivity contribution in [2.45, 2.75) is 55.4 Å². The summed E-state index contributed by atoms with van der Waals surface area (Å²) in [4.78, 5) is 0. The van der Waals surface area contributed by atoms with E-state index < -0.39 is 0 Å². The third kappa shape index (κ3) is 36.8. The normalized spacial score (nSPS) is 10.2. The van der Waals surface area contributed by atoms with Crippen molar-refractivity contribution in [2.24, 2.45) is 23.7 Å². The monoisotopic (exact) mass is 525 g/mol. The van der Waals surface area contributed by atoms with Crippen molar-refractivity contribution in [3.05, 3.63) is 10.6 Å². The molecule has 0 aromatic carbocycles. The predicted molar refractivity (Wildman–Crippen MR) is 85.5 cm³/mol. The predicted octanol–water partition coefficient (Wildman–Crippen LogP) is 2.35. The summed E-state index contributed by atoms with van der Waals surface area (Å²) >= 11 is 0. The van der Waals surface area contributed by atoms with E-state index in [0.29, 0.717) is 0 Å². The van der Waals surface area contributed by atoms with Gasteiger partial charge in [-0.1, -0.05) is 79.1 Å². The van der Waals surface area contributed by atoms with Gasteiger partial charge in [-0.3, -0.25) is 0 Å². The number of nitrogens with zero attached hydrogens (tertiary/aromatic N) is 2. The molecule has 0 atom stereocenters. The van der Waals surface area contributed by atoms with Gasteiger partial charge in [0.2, 0.25) is 0 Å². The van der Waals surface area contributed by atoms with Crippen molar-refractivity contribution in [1.82, 2.24) is 0 Å². The van der Waals surface area contributed by atoms with E-state index in [4.69, 9.17) is 0 Å². The average Bonchev–Trinajstić information content (AvgIpc) is 2.15. The topological polar surface area (TPSA) is 28.2 Å².